The average Bonchev–Trinajstić information content (AvgIpc) is 2.90. The first-order chi connectivity index (χ1) is 16.6. The molecule has 0 aliphatic carbocycles. The van der Waals surface area contributed by atoms with Gasteiger partial charge >= 0.3 is 0 Å². The largest absolute Gasteiger partial charge is 0.497 e. The molecule has 0 bridgehead atoms. The Balaban J connectivity index is 1.84. The first kappa shape index (κ1) is 23.0. The van der Waals surface area contributed by atoms with Gasteiger partial charge in [-0.1, -0.05) is 54.6 Å². The van der Waals surface area contributed by atoms with Crippen LogP contribution in [0.25, 0.3) is 0 Å². The molecule has 0 unspecified atom stereocenters. The molecule has 34 heavy (non-hydrogen) atoms. The first-order valence-electron chi connectivity index (χ1n) is 10.8. The minimum atomic E-state index is -0.943. The highest BCUT2D eigenvalue weighted by atomic mass is 16.6. The summed E-state index contributed by atoms with van der Waals surface area (Å²) >= 11 is 0. The first-order valence-corrected chi connectivity index (χ1v) is 10.8. The zero-order valence-corrected chi connectivity index (χ0v) is 19.0. The fourth-order valence-corrected chi connectivity index (χ4v) is 3.98. The van der Waals surface area contributed by atoms with Crippen LogP contribution in [0.2, 0.25) is 0 Å². The van der Waals surface area contributed by atoms with E-state index >= 15 is 0 Å². The molecule has 172 valence electrons. The van der Waals surface area contributed by atoms with Crippen LogP contribution >= 0.6 is 0 Å². The molecule has 0 aromatic heterocycles. The number of non-ortho nitro benzene ring substituents is 1. The molecule has 0 atom stereocenters. The zero-order chi connectivity index (χ0) is 24.0. The highest BCUT2D eigenvalue weighted by molar-refractivity contribution is 5.50. The van der Waals surface area contributed by atoms with E-state index in [4.69, 9.17) is 14.2 Å². The Morgan fingerprint density at radius 2 is 1.15 bits per heavy atom. The normalized spacial score (nSPS) is 11.1. The van der Waals surface area contributed by atoms with Crippen molar-refractivity contribution in [3.8, 4) is 11.5 Å². The number of nitrogens with zero attached hydrogens (tertiary/aromatic N) is 1. The summed E-state index contributed by atoms with van der Waals surface area (Å²) in [6.07, 6.45) is 0. The number of hydrogen-bond donors (Lipinski definition) is 0. The molecule has 4 rings (SSSR count). The molecule has 0 amide bonds. The van der Waals surface area contributed by atoms with Crippen LogP contribution in [0.1, 0.15) is 22.3 Å². The third kappa shape index (κ3) is 4.63. The van der Waals surface area contributed by atoms with Crippen LogP contribution in [0.4, 0.5) is 5.69 Å². The fraction of sp³-hybridized carbons (Fsp3) is 0.143. The molecular weight excluding hydrogens is 430 g/mol. The molecule has 0 spiro atoms. The molecule has 6 heteroatoms. The van der Waals surface area contributed by atoms with E-state index < -0.39 is 10.5 Å². The van der Waals surface area contributed by atoms with E-state index in [-0.39, 0.29) is 12.3 Å². The van der Waals surface area contributed by atoms with Gasteiger partial charge in [-0.25, -0.2) is 0 Å². The topological polar surface area (TPSA) is 70.8 Å². The Hall–Kier alpha value is -4.16. The Bertz CT molecular complexity index is 1170. The average molecular weight is 456 g/mol. The van der Waals surface area contributed by atoms with Gasteiger partial charge in [-0.2, -0.15) is 0 Å². The summed E-state index contributed by atoms with van der Waals surface area (Å²) in [5, 5.41) is 11.0. The molecule has 4 aromatic carbocycles. The van der Waals surface area contributed by atoms with Crippen LogP contribution in [-0.4, -0.2) is 19.1 Å². The van der Waals surface area contributed by atoms with Gasteiger partial charge in [-0.3, -0.25) is 10.1 Å². The lowest BCUT2D eigenvalue weighted by molar-refractivity contribution is -0.384. The summed E-state index contributed by atoms with van der Waals surface area (Å²) in [5.41, 5.74) is 2.73. The molecule has 0 saturated carbocycles. The van der Waals surface area contributed by atoms with Crippen LogP contribution in [-0.2, 0) is 16.9 Å². The Labute approximate surface area is 198 Å². The summed E-state index contributed by atoms with van der Waals surface area (Å²) in [4.78, 5) is 10.6. The summed E-state index contributed by atoms with van der Waals surface area (Å²) in [7, 11) is 3.27. The third-order valence-corrected chi connectivity index (χ3v) is 5.78. The Morgan fingerprint density at radius 3 is 1.59 bits per heavy atom. The van der Waals surface area contributed by atoms with Gasteiger partial charge in [0.25, 0.3) is 5.69 Å². The standard InChI is InChI=1S/C28H25NO5/c1-32-26-16-10-23(11-17-26)28(22-6-4-3-5-7-22,24-12-18-27(33-2)19-13-24)34-20-21-8-14-25(15-9-21)29(30)31/h3-19H,20H2,1-2H3. The lowest BCUT2D eigenvalue weighted by Gasteiger charge is -2.36. The molecule has 6 nitrogen and oxygen atoms in total. The maximum absolute atomic E-state index is 11.0. The molecule has 4 aromatic rings. The third-order valence-electron chi connectivity index (χ3n) is 5.78. The van der Waals surface area contributed by atoms with Crippen molar-refractivity contribution in [3.05, 3.63) is 135 Å². The van der Waals surface area contributed by atoms with E-state index in [0.717, 1.165) is 33.8 Å². The smallest absolute Gasteiger partial charge is 0.269 e. The molecular formula is C28H25NO5. The minimum absolute atomic E-state index is 0.0448. The van der Waals surface area contributed by atoms with Crippen LogP contribution < -0.4 is 9.47 Å². The Kier molecular flexibility index (Phi) is 6.90. The van der Waals surface area contributed by atoms with Crippen molar-refractivity contribution in [3.63, 3.8) is 0 Å². The number of rotatable bonds is 9. The molecule has 0 heterocycles. The number of benzene rings is 4. The van der Waals surface area contributed by atoms with Gasteiger partial charge in [0.05, 0.1) is 25.7 Å². The number of ether oxygens (including phenoxy) is 3. The lowest BCUT2D eigenvalue weighted by Crippen LogP contribution is -2.32. The fourth-order valence-electron chi connectivity index (χ4n) is 3.98. The van der Waals surface area contributed by atoms with Crippen LogP contribution in [0.3, 0.4) is 0 Å². The van der Waals surface area contributed by atoms with Gasteiger partial charge in [-0.05, 0) is 58.7 Å². The summed E-state index contributed by atoms with van der Waals surface area (Å²) in [6, 6.07) is 32.0. The van der Waals surface area contributed by atoms with Gasteiger partial charge in [0.2, 0.25) is 0 Å². The Morgan fingerprint density at radius 1 is 0.676 bits per heavy atom. The monoisotopic (exact) mass is 455 g/mol. The second-order valence-corrected chi connectivity index (χ2v) is 7.72. The number of hydrogen-bond acceptors (Lipinski definition) is 5. The molecule has 0 saturated heterocycles. The van der Waals surface area contributed by atoms with Gasteiger partial charge in [0, 0.05) is 12.1 Å². The van der Waals surface area contributed by atoms with E-state index in [0.29, 0.717) is 0 Å². The summed E-state index contributed by atoms with van der Waals surface area (Å²) in [5.74, 6) is 1.49. The van der Waals surface area contributed by atoms with E-state index in [1.54, 1.807) is 26.4 Å². The van der Waals surface area contributed by atoms with Crippen molar-refractivity contribution in [1.29, 1.82) is 0 Å². The minimum Gasteiger partial charge on any atom is -0.497 e. The van der Waals surface area contributed by atoms with E-state index in [1.807, 2.05) is 78.9 Å². The highest BCUT2D eigenvalue weighted by Crippen LogP contribution is 2.42. The van der Waals surface area contributed by atoms with Crippen molar-refractivity contribution in [2.75, 3.05) is 14.2 Å². The van der Waals surface area contributed by atoms with E-state index in [9.17, 15) is 10.1 Å². The predicted octanol–water partition coefficient (Wildman–Crippen LogP) is 6.12. The SMILES string of the molecule is COc1ccc(C(OCc2ccc([N+](=O)[O-])cc2)(c2ccccc2)c2ccc(OC)cc2)cc1. The maximum Gasteiger partial charge on any atom is 0.269 e. The van der Waals surface area contributed by atoms with Crippen LogP contribution in [0.5, 0.6) is 11.5 Å². The number of nitro groups is 1. The lowest BCUT2D eigenvalue weighted by atomic mass is 9.80. The predicted molar refractivity (Wildman–Crippen MR) is 130 cm³/mol. The molecule has 0 N–H and O–H groups in total. The second-order valence-electron chi connectivity index (χ2n) is 7.72. The molecule has 0 radical (unpaired) electrons. The summed E-state index contributed by atoms with van der Waals surface area (Å²) in [6.45, 7) is 0.241. The molecule has 0 aliphatic rings. The maximum atomic E-state index is 11.0. The van der Waals surface area contributed by atoms with Crippen molar-refractivity contribution >= 4 is 5.69 Å². The van der Waals surface area contributed by atoms with Gasteiger partial charge in [-0.15, -0.1) is 0 Å². The van der Waals surface area contributed by atoms with Crippen molar-refractivity contribution in [1.82, 2.24) is 0 Å². The molecule has 0 aliphatic heterocycles. The van der Waals surface area contributed by atoms with Gasteiger partial charge in [0.15, 0.2) is 0 Å². The number of nitro benzene ring substituents is 1. The van der Waals surface area contributed by atoms with Gasteiger partial charge < -0.3 is 14.2 Å². The van der Waals surface area contributed by atoms with Crippen molar-refractivity contribution < 1.29 is 19.1 Å². The van der Waals surface area contributed by atoms with E-state index in [2.05, 4.69) is 0 Å². The van der Waals surface area contributed by atoms with Crippen LogP contribution in [0.15, 0.2) is 103 Å². The van der Waals surface area contributed by atoms with Crippen molar-refractivity contribution in [2.24, 2.45) is 0 Å². The van der Waals surface area contributed by atoms with Crippen LogP contribution in [0, 0.1) is 10.1 Å². The zero-order valence-electron chi connectivity index (χ0n) is 19.0. The quantitative estimate of drug-likeness (QED) is 0.173. The second kappa shape index (κ2) is 10.2. The summed E-state index contributed by atoms with van der Waals surface area (Å²) < 4.78 is 17.5. The molecule has 0 fully saturated rings. The number of methoxy groups -OCH3 is 2. The highest BCUT2D eigenvalue weighted by Gasteiger charge is 2.38. The van der Waals surface area contributed by atoms with Crippen molar-refractivity contribution in [2.45, 2.75) is 12.2 Å². The van der Waals surface area contributed by atoms with E-state index in [1.165, 1.54) is 12.1 Å². The van der Waals surface area contributed by atoms with Gasteiger partial charge in [0.1, 0.15) is 17.1 Å².